The Bertz CT molecular complexity index is 5440. The van der Waals surface area contributed by atoms with E-state index in [1.807, 2.05) is 111 Å². The van der Waals surface area contributed by atoms with Crippen molar-refractivity contribution >= 4 is 137 Å². The maximum atomic E-state index is 6.36. The molecule has 0 aliphatic heterocycles. The van der Waals surface area contributed by atoms with Crippen LogP contribution in [0.4, 0.5) is 0 Å². The summed E-state index contributed by atoms with van der Waals surface area (Å²) < 4.78 is 13.6. The number of hydrogen-bond acceptors (Lipinski definition) is 8. The third-order valence-electron chi connectivity index (χ3n) is 16.4. The van der Waals surface area contributed by atoms with Gasteiger partial charge in [-0.1, -0.05) is 181 Å². The lowest BCUT2D eigenvalue weighted by Gasteiger charge is -2.21. The van der Waals surface area contributed by atoms with Gasteiger partial charge in [-0.25, -0.2) is 29.9 Å². The lowest BCUT2D eigenvalue weighted by Crippen LogP contribution is -2.12. The number of aromatic nitrogens is 8. The van der Waals surface area contributed by atoms with Gasteiger partial charge in [0.2, 0.25) is 0 Å². The lowest BCUT2D eigenvalue weighted by molar-refractivity contribution is 0.669. The summed E-state index contributed by atoms with van der Waals surface area (Å²) in [5, 5.41) is 8.94. The van der Waals surface area contributed by atoms with Crippen LogP contribution in [0.5, 0.6) is 0 Å². The summed E-state index contributed by atoms with van der Waals surface area (Å²) in [6.07, 6.45) is 0. The number of fused-ring (bicyclic) bond motifs is 13. The van der Waals surface area contributed by atoms with E-state index in [0.29, 0.717) is 34.9 Å². The van der Waals surface area contributed by atoms with E-state index in [1.54, 1.807) is 11.3 Å². The van der Waals surface area contributed by atoms with Crippen molar-refractivity contribution in [1.82, 2.24) is 39.0 Å². The minimum Gasteiger partial charge on any atom is -0.456 e. The zero-order valence-corrected chi connectivity index (χ0v) is 47.4. The van der Waals surface area contributed by atoms with Crippen molar-refractivity contribution < 1.29 is 4.42 Å². The van der Waals surface area contributed by atoms with Crippen LogP contribution in [-0.2, 0) is 0 Å². The molecule has 9 nitrogen and oxygen atoms in total. The van der Waals surface area contributed by atoms with Crippen LogP contribution in [0.1, 0.15) is 11.6 Å². The topological polar surface area (TPSA) is 100 Å². The molecule has 13 heteroatoms. The molecule has 16 aromatic rings. The van der Waals surface area contributed by atoms with E-state index in [2.05, 4.69) is 158 Å². The Hall–Kier alpha value is -10.7. The zero-order chi connectivity index (χ0) is 56.9. The van der Waals surface area contributed by atoms with Crippen LogP contribution in [0.3, 0.4) is 0 Å². The summed E-state index contributed by atoms with van der Waals surface area (Å²) in [4.78, 5) is 32.4. The summed E-state index contributed by atoms with van der Waals surface area (Å²) in [5.74, 6) is 3.14. The van der Waals surface area contributed by atoms with Gasteiger partial charge in [0.25, 0.3) is 0 Å². The van der Waals surface area contributed by atoms with Gasteiger partial charge in [0.05, 0.1) is 22.1 Å². The Balaban J connectivity index is 1.02. The van der Waals surface area contributed by atoms with E-state index < -0.39 is 0 Å². The minimum absolute atomic E-state index is 0.477. The normalized spacial score (nSPS) is 12.6. The molecule has 0 unspecified atom stereocenters. The van der Waals surface area contributed by atoms with Crippen molar-refractivity contribution in [2.45, 2.75) is 0 Å². The minimum atomic E-state index is 0.477. The first kappa shape index (κ1) is 50.0. The highest BCUT2D eigenvalue weighted by atomic mass is 32.1. The molecule has 0 spiro atoms. The molecule has 0 aliphatic carbocycles. The highest BCUT2D eigenvalue weighted by Crippen LogP contribution is 2.45. The average molecular weight is 1100 g/mol. The molecule has 10 aromatic carbocycles. The molecule has 0 saturated heterocycles. The highest BCUT2D eigenvalue weighted by Gasteiger charge is 2.27. The van der Waals surface area contributed by atoms with Crippen LogP contribution in [0.2, 0.25) is 0 Å². The van der Waals surface area contributed by atoms with Crippen molar-refractivity contribution in [3.63, 3.8) is 0 Å². The summed E-state index contributed by atoms with van der Waals surface area (Å²) in [7, 11) is 6.36. The lowest BCUT2D eigenvalue weighted by atomic mass is 9.73. The first-order valence-electron chi connectivity index (χ1n) is 28.4. The quantitative estimate of drug-likeness (QED) is 0.0993. The molecular formula is C72H47B3N8OS. The second-order valence-electron chi connectivity index (χ2n) is 21.6. The smallest absolute Gasteiger partial charge is 0.164 e. The fourth-order valence-corrected chi connectivity index (χ4v) is 13.7. The SMILES string of the molecule is BC(=C)/C(=C(B)\C(=C(/B)n1c2ccccc2c2ccc3c(c4ccccc4n3-c3ccc4oc5ccccc5c4c3)c21)c1nc(-c2ccccc2)nc(-c2ccccc2)n1)c1nc(-c2ccccc2)nc(-c2ccc3sc4ccccc4c3c2)n1. The molecule has 396 valence electrons. The monoisotopic (exact) mass is 1100 g/mol. The second kappa shape index (κ2) is 20.0. The number of benzene rings is 10. The Labute approximate surface area is 494 Å². The number of hydrogen-bond donors (Lipinski definition) is 0. The van der Waals surface area contributed by atoms with Gasteiger partial charge in [-0.15, -0.1) is 17.9 Å². The van der Waals surface area contributed by atoms with Gasteiger partial charge < -0.3 is 13.6 Å². The van der Waals surface area contributed by atoms with Crippen molar-refractivity contribution in [1.29, 1.82) is 0 Å². The number of nitrogens with zero attached hydrogens (tertiary/aromatic N) is 8. The fourth-order valence-electron chi connectivity index (χ4n) is 12.6. The largest absolute Gasteiger partial charge is 0.456 e. The zero-order valence-electron chi connectivity index (χ0n) is 46.6. The summed E-state index contributed by atoms with van der Waals surface area (Å²) in [6.45, 7) is 4.74. The predicted octanol–water partition coefficient (Wildman–Crippen LogP) is 15.3. The Kier molecular flexibility index (Phi) is 11.8. The molecule has 0 amide bonds. The molecule has 85 heavy (non-hydrogen) atoms. The summed E-state index contributed by atoms with van der Waals surface area (Å²) >= 11 is 1.79. The predicted molar refractivity (Wildman–Crippen MR) is 360 cm³/mol. The van der Waals surface area contributed by atoms with Crippen LogP contribution in [0.15, 0.2) is 259 Å². The maximum Gasteiger partial charge on any atom is 0.164 e. The number of rotatable bonds is 10. The molecule has 0 bridgehead atoms. The molecule has 6 aromatic heterocycles. The Morgan fingerprint density at radius 1 is 0.388 bits per heavy atom. The van der Waals surface area contributed by atoms with Gasteiger partial charge >= 0.3 is 0 Å². The third kappa shape index (κ3) is 8.26. The highest BCUT2D eigenvalue weighted by molar-refractivity contribution is 7.25. The molecule has 0 radical (unpaired) electrons. The van der Waals surface area contributed by atoms with E-state index in [0.717, 1.165) is 127 Å². The van der Waals surface area contributed by atoms with Gasteiger partial charge in [0.15, 0.2) is 42.8 Å². The van der Waals surface area contributed by atoms with Gasteiger partial charge in [-0.3, -0.25) is 0 Å². The fraction of sp³-hybridized carbons (Fsp3) is 0. The van der Waals surface area contributed by atoms with E-state index >= 15 is 0 Å². The van der Waals surface area contributed by atoms with Gasteiger partial charge in [-0.05, 0) is 72.3 Å². The Morgan fingerprint density at radius 2 is 0.918 bits per heavy atom. The average Bonchev–Trinajstić information content (AvgIpc) is 2.54. The third-order valence-corrected chi connectivity index (χ3v) is 17.6. The van der Waals surface area contributed by atoms with Crippen LogP contribution in [-0.4, -0.2) is 62.6 Å². The van der Waals surface area contributed by atoms with Crippen LogP contribution >= 0.6 is 11.3 Å². The van der Waals surface area contributed by atoms with Crippen LogP contribution in [0, 0.1) is 0 Å². The van der Waals surface area contributed by atoms with Crippen molar-refractivity contribution in [2.75, 3.05) is 0 Å². The number of allylic oxidation sites excluding steroid dienone is 4. The summed E-state index contributed by atoms with van der Waals surface area (Å²) in [6, 6.07) is 82.2. The number of para-hydroxylation sites is 3. The molecule has 6 heterocycles. The molecule has 0 atom stereocenters. The molecule has 16 rings (SSSR count). The van der Waals surface area contributed by atoms with Gasteiger partial charge in [-0.2, -0.15) is 0 Å². The van der Waals surface area contributed by atoms with E-state index in [1.165, 1.54) is 14.8 Å². The molecule has 0 saturated carbocycles. The van der Waals surface area contributed by atoms with E-state index in [9.17, 15) is 0 Å². The van der Waals surface area contributed by atoms with Crippen LogP contribution in [0.25, 0.3) is 154 Å². The van der Waals surface area contributed by atoms with E-state index in [-0.39, 0.29) is 0 Å². The molecule has 0 aliphatic rings. The van der Waals surface area contributed by atoms with Crippen molar-refractivity contribution in [3.05, 3.63) is 266 Å². The molecule has 0 fully saturated rings. The van der Waals surface area contributed by atoms with Gasteiger partial charge in [0, 0.05) is 91.6 Å². The van der Waals surface area contributed by atoms with Crippen molar-refractivity contribution in [2.24, 2.45) is 0 Å². The van der Waals surface area contributed by atoms with E-state index in [4.69, 9.17) is 40.9 Å². The Morgan fingerprint density at radius 3 is 1.58 bits per heavy atom. The van der Waals surface area contributed by atoms with Crippen molar-refractivity contribution in [3.8, 4) is 51.2 Å². The molecular weight excluding hydrogens is 1060 g/mol. The maximum absolute atomic E-state index is 6.36. The second-order valence-corrected chi connectivity index (χ2v) is 22.7. The van der Waals surface area contributed by atoms with Crippen LogP contribution < -0.4 is 0 Å². The standard InChI is InChI=1S/C72H47B3N8OS/c1-41(73)61(71-78-69(44-23-9-4-10-24-44)77-70(81-71)45-33-38-60-53(39-45)49-27-14-18-32-59(49)85-60)64(74)63(72-79-67(42-19-5-2-6-20-42)76-68(80-72)43-21-7-3-8-22-43)66(75)83-54-29-15-11-25-47(54)50-35-36-56-62(65(50)83)51-28-12-16-30-55(51)82(56)46-34-37-58-52(40-46)48-26-13-17-31-57(48)84-58/h2-40H,1,73-75H2/b64-61-,66-63-. The number of thiophene rings is 1. The van der Waals surface area contributed by atoms with Gasteiger partial charge in [0.1, 0.15) is 26.9 Å². The summed E-state index contributed by atoms with van der Waals surface area (Å²) in [5.41, 5.74) is 14.4. The molecule has 0 N–H and O–H groups in total. The first-order chi connectivity index (χ1) is 41.8. The number of furan rings is 1. The first-order valence-corrected chi connectivity index (χ1v) is 29.2.